The normalized spacial score (nSPS) is 39.7. The van der Waals surface area contributed by atoms with E-state index < -0.39 is 15.6 Å². The lowest BCUT2D eigenvalue weighted by atomic mass is 9.52. The number of benzene rings is 1. The fourth-order valence-electron chi connectivity index (χ4n) is 9.20. The van der Waals surface area contributed by atoms with E-state index in [0.717, 1.165) is 69.2 Å². The molecule has 7 fully saturated rings. The van der Waals surface area contributed by atoms with Gasteiger partial charge in [0.2, 0.25) is 10.0 Å². The summed E-state index contributed by atoms with van der Waals surface area (Å²) in [4.78, 5) is 17.9. The van der Waals surface area contributed by atoms with Gasteiger partial charge in [0.15, 0.2) is 0 Å². The average Bonchev–Trinajstić information content (AvgIpc) is 3.15. The number of piperazine rings is 1. The lowest BCUT2D eigenvalue weighted by Gasteiger charge is -2.58. The van der Waals surface area contributed by atoms with Gasteiger partial charge in [0.1, 0.15) is 11.9 Å². The summed E-state index contributed by atoms with van der Waals surface area (Å²) in [6.45, 7) is 2.38. The largest absolute Gasteiger partial charge is 0.490 e. The Hall–Kier alpha value is -2.04. The van der Waals surface area contributed by atoms with Crippen LogP contribution in [0.2, 0.25) is 0 Å². The van der Waals surface area contributed by atoms with Crippen molar-refractivity contribution in [2.45, 2.75) is 87.6 Å². The van der Waals surface area contributed by atoms with Crippen LogP contribution >= 0.6 is 0 Å². The van der Waals surface area contributed by atoms with Gasteiger partial charge < -0.3 is 25.0 Å². The van der Waals surface area contributed by atoms with Crippen molar-refractivity contribution in [2.75, 3.05) is 37.3 Å². The summed E-state index contributed by atoms with van der Waals surface area (Å²) in [5.41, 5.74) is 0.608. The molecule has 0 aromatic heterocycles. The Kier molecular flexibility index (Phi) is 6.32. The zero-order chi connectivity index (χ0) is 26.9. The molecule has 0 radical (unpaired) electrons. The molecule has 7 aliphatic rings. The van der Waals surface area contributed by atoms with Crippen LogP contribution in [-0.2, 0) is 10.0 Å². The molecule has 4 saturated carbocycles. The number of fused-ring (bicyclic) bond motifs is 2. The third-order valence-corrected chi connectivity index (χ3v) is 12.0. The van der Waals surface area contributed by atoms with Crippen LogP contribution in [0.1, 0.15) is 57.8 Å². The highest BCUT2D eigenvalue weighted by molar-refractivity contribution is 7.88. The number of nitrogens with zero attached hydrogens (tertiary/aromatic N) is 3. The highest BCUT2D eigenvalue weighted by Gasteiger charge is 2.55. The molecular formula is C29H42N4O5S. The summed E-state index contributed by atoms with van der Waals surface area (Å²) < 4.78 is 31.5. The Morgan fingerprint density at radius 1 is 0.949 bits per heavy atom. The maximum absolute atomic E-state index is 13.5. The number of rotatable bonds is 5. The number of sulfonamides is 1. The molecule has 4 unspecified atom stereocenters. The van der Waals surface area contributed by atoms with E-state index in [-0.39, 0.29) is 30.3 Å². The molecule has 6 bridgehead atoms. The van der Waals surface area contributed by atoms with Crippen LogP contribution in [0.5, 0.6) is 5.75 Å². The van der Waals surface area contributed by atoms with Crippen LogP contribution in [0.25, 0.3) is 0 Å². The number of piperidine rings is 1. The topological polar surface area (TPSA) is 102 Å². The molecule has 0 spiro atoms. The molecule has 214 valence electrons. The Morgan fingerprint density at radius 3 is 2.13 bits per heavy atom. The van der Waals surface area contributed by atoms with E-state index in [1.807, 2.05) is 12.1 Å². The molecule has 2 amide bonds. The fraction of sp³-hybridized carbons (Fsp3) is 0.759. The summed E-state index contributed by atoms with van der Waals surface area (Å²) in [5.74, 6) is 2.34. The zero-order valence-corrected chi connectivity index (χ0v) is 23.7. The first kappa shape index (κ1) is 25.9. The number of anilines is 1. The summed E-state index contributed by atoms with van der Waals surface area (Å²) in [7, 11) is -3.13. The molecule has 2 N–H and O–H groups in total. The molecule has 4 atom stereocenters. The average molecular weight is 559 g/mol. The molecular weight excluding hydrogens is 516 g/mol. The highest BCUT2D eigenvalue weighted by Crippen LogP contribution is 2.55. The van der Waals surface area contributed by atoms with Crippen molar-refractivity contribution in [3.63, 3.8) is 0 Å². The van der Waals surface area contributed by atoms with E-state index >= 15 is 0 Å². The number of aliphatic hydroxyl groups is 1. The molecule has 39 heavy (non-hydrogen) atoms. The second-order valence-electron chi connectivity index (χ2n) is 13.3. The van der Waals surface area contributed by atoms with Crippen molar-refractivity contribution in [1.29, 1.82) is 0 Å². The van der Waals surface area contributed by atoms with Crippen molar-refractivity contribution in [1.82, 2.24) is 14.5 Å². The number of urea groups is 1. The second-order valence-corrected chi connectivity index (χ2v) is 15.3. The van der Waals surface area contributed by atoms with Gasteiger partial charge in [0.05, 0.1) is 11.9 Å². The maximum atomic E-state index is 13.5. The Labute approximate surface area is 231 Å². The molecule has 1 aromatic carbocycles. The lowest BCUT2D eigenvalue weighted by Crippen LogP contribution is -2.64. The quantitative estimate of drug-likeness (QED) is 0.576. The van der Waals surface area contributed by atoms with Crippen LogP contribution in [0.4, 0.5) is 10.5 Å². The number of ether oxygens (including phenoxy) is 1. The summed E-state index contributed by atoms with van der Waals surface area (Å²) in [6.07, 6.45) is 10.1. The number of amides is 2. The van der Waals surface area contributed by atoms with Gasteiger partial charge in [-0.25, -0.2) is 13.2 Å². The predicted octanol–water partition coefficient (Wildman–Crippen LogP) is 2.79. The smallest absolute Gasteiger partial charge is 0.318 e. The molecule has 1 aromatic rings. The molecule has 3 aliphatic heterocycles. The minimum Gasteiger partial charge on any atom is -0.490 e. The van der Waals surface area contributed by atoms with Crippen LogP contribution in [0.15, 0.2) is 24.3 Å². The summed E-state index contributed by atoms with van der Waals surface area (Å²) in [5, 5.41) is 14.4. The first-order valence-electron chi connectivity index (χ1n) is 14.9. The molecule has 8 rings (SSSR count). The number of hydrogen-bond donors (Lipinski definition) is 2. The van der Waals surface area contributed by atoms with Crippen LogP contribution in [-0.4, -0.2) is 91.0 Å². The zero-order valence-electron chi connectivity index (χ0n) is 22.9. The van der Waals surface area contributed by atoms with E-state index in [4.69, 9.17) is 4.74 Å². The van der Waals surface area contributed by atoms with Crippen molar-refractivity contribution < 1.29 is 23.1 Å². The predicted molar refractivity (Wildman–Crippen MR) is 148 cm³/mol. The van der Waals surface area contributed by atoms with Gasteiger partial charge in [0, 0.05) is 62.8 Å². The molecule has 4 aliphatic carbocycles. The second kappa shape index (κ2) is 9.52. The lowest BCUT2D eigenvalue weighted by molar-refractivity contribution is -0.137. The fourth-order valence-corrected chi connectivity index (χ4v) is 10.0. The minimum atomic E-state index is -3.13. The van der Waals surface area contributed by atoms with E-state index in [1.54, 1.807) is 0 Å². The Balaban J connectivity index is 0.931. The SMILES string of the molecule is CS(=O)(=O)N1CCN(c2ccc(OC3CC4CCC(C3)N4C(=O)NC3C4CC5CC3CC(O)(C5)C4)cc2)CC1. The van der Waals surface area contributed by atoms with E-state index in [0.29, 0.717) is 43.9 Å². The minimum absolute atomic E-state index is 0.103. The van der Waals surface area contributed by atoms with Gasteiger partial charge in [-0.05, 0) is 87.0 Å². The van der Waals surface area contributed by atoms with Crippen molar-refractivity contribution in [3.8, 4) is 5.75 Å². The standard InChI is InChI=1S/C29H42N4O5S/c1-39(36,37)32-10-8-31(9-11-32)22-4-6-25(7-5-22)38-26-14-23-2-3-24(15-26)33(23)28(34)30-27-20-12-19-13-21(27)18-29(35,16-19)17-20/h4-7,19-21,23-24,26-27,35H,2-3,8-18H2,1H3,(H,30,34). The van der Waals surface area contributed by atoms with Crippen LogP contribution < -0.4 is 15.0 Å². The van der Waals surface area contributed by atoms with Crippen molar-refractivity contribution >= 4 is 21.7 Å². The van der Waals surface area contributed by atoms with Crippen LogP contribution in [0, 0.1) is 17.8 Å². The van der Waals surface area contributed by atoms with E-state index in [2.05, 4.69) is 27.2 Å². The highest BCUT2D eigenvalue weighted by atomic mass is 32.2. The Morgan fingerprint density at radius 2 is 1.56 bits per heavy atom. The number of carbonyl (C=O) groups excluding carboxylic acids is 1. The maximum Gasteiger partial charge on any atom is 0.318 e. The van der Waals surface area contributed by atoms with Gasteiger partial charge in [0.25, 0.3) is 0 Å². The summed E-state index contributed by atoms with van der Waals surface area (Å²) >= 11 is 0. The van der Waals surface area contributed by atoms with Gasteiger partial charge in [-0.3, -0.25) is 0 Å². The van der Waals surface area contributed by atoms with Crippen molar-refractivity contribution in [3.05, 3.63) is 24.3 Å². The molecule has 10 heteroatoms. The summed E-state index contributed by atoms with van der Waals surface area (Å²) in [6, 6.07) is 8.91. The number of carbonyl (C=O) groups is 1. The van der Waals surface area contributed by atoms with E-state index in [9.17, 15) is 18.3 Å². The Bertz CT molecular complexity index is 1170. The third kappa shape index (κ3) is 4.90. The van der Waals surface area contributed by atoms with Gasteiger partial charge in [-0.1, -0.05) is 0 Å². The molecule has 9 nitrogen and oxygen atoms in total. The first-order valence-corrected chi connectivity index (χ1v) is 16.8. The van der Waals surface area contributed by atoms with Crippen LogP contribution in [0.3, 0.4) is 0 Å². The van der Waals surface area contributed by atoms with E-state index in [1.165, 1.54) is 10.6 Å². The first-order chi connectivity index (χ1) is 18.6. The van der Waals surface area contributed by atoms with Gasteiger partial charge in [-0.2, -0.15) is 4.31 Å². The molecule has 3 saturated heterocycles. The van der Waals surface area contributed by atoms with Gasteiger partial charge >= 0.3 is 6.03 Å². The molecule has 3 heterocycles. The van der Waals surface area contributed by atoms with Gasteiger partial charge in [-0.15, -0.1) is 0 Å². The third-order valence-electron chi connectivity index (χ3n) is 10.7. The number of hydrogen-bond acceptors (Lipinski definition) is 6. The van der Waals surface area contributed by atoms with Crippen molar-refractivity contribution in [2.24, 2.45) is 17.8 Å². The number of nitrogens with one attached hydrogen (secondary N) is 1. The monoisotopic (exact) mass is 558 g/mol.